The Morgan fingerprint density at radius 1 is 1.06 bits per heavy atom. The van der Waals surface area contributed by atoms with Gasteiger partial charge < -0.3 is 5.73 Å². The van der Waals surface area contributed by atoms with E-state index < -0.39 is 17.5 Å². The zero-order chi connectivity index (χ0) is 13.3. The topological polar surface area (TPSA) is 49.8 Å². The number of para-hydroxylation sites is 1. The molecule has 0 bridgehead atoms. The van der Waals surface area contributed by atoms with Crippen molar-refractivity contribution >= 4 is 5.69 Å². The molecule has 0 unspecified atom stereocenters. The van der Waals surface area contributed by atoms with Gasteiger partial charge in [0.05, 0.1) is 11.3 Å². The Bertz CT molecular complexity index is 637. The van der Waals surface area contributed by atoms with Crippen LogP contribution in [0.3, 0.4) is 0 Å². The number of nitrogen functional groups attached to an aromatic ring is 1. The van der Waals surface area contributed by atoms with Gasteiger partial charge in [0.25, 0.3) is 0 Å². The molecule has 2 nitrogen and oxygen atoms in total. The number of anilines is 1. The molecule has 0 aliphatic carbocycles. The number of nitrogens with zero attached hydrogens (tertiary/aromatic N) is 1. The minimum atomic E-state index is -1.53. The standard InChI is InChI=1S/C13H7F3N2/c14-10-4-8(5-11(15)12(10)16)9-3-1-2-7(6-17)13(9)18/h1-5H,18H2. The van der Waals surface area contributed by atoms with Gasteiger partial charge in [0, 0.05) is 5.56 Å². The van der Waals surface area contributed by atoms with Crippen molar-refractivity contribution in [1.29, 1.82) is 5.26 Å². The molecule has 2 aromatic carbocycles. The van der Waals surface area contributed by atoms with Gasteiger partial charge in [0.1, 0.15) is 6.07 Å². The molecule has 2 N–H and O–H groups in total. The Morgan fingerprint density at radius 3 is 2.22 bits per heavy atom. The maximum absolute atomic E-state index is 13.1. The smallest absolute Gasteiger partial charge is 0.194 e. The van der Waals surface area contributed by atoms with E-state index in [-0.39, 0.29) is 22.4 Å². The summed E-state index contributed by atoms with van der Waals surface area (Å²) in [5.74, 6) is -4.13. The number of halogens is 3. The molecular formula is C13H7F3N2. The summed E-state index contributed by atoms with van der Waals surface area (Å²) < 4.78 is 39.1. The van der Waals surface area contributed by atoms with Gasteiger partial charge >= 0.3 is 0 Å². The molecule has 0 spiro atoms. The highest BCUT2D eigenvalue weighted by molar-refractivity contribution is 5.80. The second-order valence-corrected chi connectivity index (χ2v) is 3.63. The van der Waals surface area contributed by atoms with Gasteiger partial charge in [-0.25, -0.2) is 13.2 Å². The van der Waals surface area contributed by atoms with Crippen molar-refractivity contribution in [1.82, 2.24) is 0 Å². The Morgan fingerprint density at radius 2 is 1.67 bits per heavy atom. The summed E-state index contributed by atoms with van der Waals surface area (Å²) in [4.78, 5) is 0. The Labute approximate surface area is 101 Å². The number of nitriles is 1. The molecule has 0 radical (unpaired) electrons. The minimum absolute atomic E-state index is 0.0843. The second kappa shape index (κ2) is 4.41. The molecule has 0 heterocycles. The molecule has 0 saturated heterocycles. The number of rotatable bonds is 1. The molecule has 0 aromatic heterocycles. The third-order valence-corrected chi connectivity index (χ3v) is 2.52. The van der Waals surface area contributed by atoms with Crippen molar-refractivity contribution in [3.05, 3.63) is 53.3 Å². The van der Waals surface area contributed by atoms with E-state index in [4.69, 9.17) is 11.0 Å². The highest BCUT2D eigenvalue weighted by Gasteiger charge is 2.14. The monoisotopic (exact) mass is 248 g/mol. The van der Waals surface area contributed by atoms with Gasteiger partial charge in [0.15, 0.2) is 17.5 Å². The van der Waals surface area contributed by atoms with Gasteiger partial charge in [-0.05, 0) is 23.8 Å². The lowest BCUT2D eigenvalue weighted by molar-refractivity contribution is 0.448. The first-order valence-electron chi connectivity index (χ1n) is 4.98. The highest BCUT2D eigenvalue weighted by Crippen LogP contribution is 2.30. The van der Waals surface area contributed by atoms with E-state index >= 15 is 0 Å². The first-order chi connectivity index (χ1) is 8.54. The van der Waals surface area contributed by atoms with E-state index in [1.807, 2.05) is 6.07 Å². The Kier molecular flexibility index (Phi) is 2.94. The molecule has 2 rings (SSSR count). The SMILES string of the molecule is N#Cc1cccc(-c2cc(F)c(F)c(F)c2)c1N. The van der Waals surface area contributed by atoms with Crippen LogP contribution in [0.15, 0.2) is 30.3 Å². The number of benzene rings is 2. The summed E-state index contributed by atoms with van der Waals surface area (Å²) in [6.45, 7) is 0. The van der Waals surface area contributed by atoms with E-state index in [2.05, 4.69) is 0 Å². The van der Waals surface area contributed by atoms with Gasteiger partial charge in [-0.1, -0.05) is 12.1 Å². The first kappa shape index (κ1) is 12.0. The van der Waals surface area contributed by atoms with Crippen molar-refractivity contribution in [2.24, 2.45) is 0 Å². The fraction of sp³-hybridized carbons (Fsp3) is 0. The first-order valence-corrected chi connectivity index (χ1v) is 4.98. The van der Waals surface area contributed by atoms with Gasteiger partial charge in [-0.3, -0.25) is 0 Å². The molecular weight excluding hydrogens is 241 g/mol. The second-order valence-electron chi connectivity index (χ2n) is 3.63. The van der Waals surface area contributed by atoms with E-state index in [1.54, 1.807) is 0 Å². The lowest BCUT2D eigenvalue weighted by Crippen LogP contribution is -1.97. The highest BCUT2D eigenvalue weighted by atomic mass is 19.2. The molecule has 90 valence electrons. The van der Waals surface area contributed by atoms with E-state index in [0.717, 1.165) is 12.1 Å². The predicted molar refractivity (Wildman–Crippen MR) is 60.9 cm³/mol. The molecule has 2 aromatic rings. The molecule has 0 saturated carbocycles. The Hall–Kier alpha value is -2.48. The van der Waals surface area contributed by atoms with Crippen LogP contribution in [0.5, 0.6) is 0 Å². The lowest BCUT2D eigenvalue weighted by Gasteiger charge is -2.08. The maximum atomic E-state index is 13.1. The summed E-state index contributed by atoms with van der Waals surface area (Å²) in [6.07, 6.45) is 0. The van der Waals surface area contributed by atoms with Crippen molar-refractivity contribution < 1.29 is 13.2 Å². The lowest BCUT2D eigenvalue weighted by atomic mass is 10.0. The molecule has 0 amide bonds. The minimum Gasteiger partial charge on any atom is -0.397 e. The summed E-state index contributed by atoms with van der Waals surface area (Å²) in [6, 6.07) is 8.05. The van der Waals surface area contributed by atoms with Crippen LogP contribution < -0.4 is 5.73 Å². The van der Waals surface area contributed by atoms with Crippen molar-refractivity contribution in [2.45, 2.75) is 0 Å². The van der Waals surface area contributed by atoms with Crippen LogP contribution in [0.2, 0.25) is 0 Å². The Balaban J connectivity index is 2.67. The third-order valence-electron chi connectivity index (χ3n) is 2.52. The van der Waals surface area contributed by atoms with Gasteiger partial charge in [-0.15, -0.1) is 0 Å². The van der Waals surface area contributed by atoms with Crippen molar-refractivity contribution in [2.75, 3.05) is 5.73 Å². The van der Waals surface area contributed by atoms with Crippen LogP contribution >= 0.6 is 0 Å². The average Bonchev–Trinajstić information content (AvgIpc) is 2.35. The fourth-order valence-corrected chi connectivity index (χ4v) is 1.63. The summed E-state index contributed by atoms with van der Waals surface area (Å²) in [5.41, 5.74) is 6.37. The summed E-state index contributed by atoms with van der Waals surface area (Å²) in [5, 5.41) is 8.80. The van der Waals surface area contributed by atoms with Crippen LogP contribution in [-0.2, 0) is 0 Å². The fourth-order valence-electron chi connectivity index (χ4n) is 1.63. The van der Waals surface area contributed by atoms with Gasteiger partial charge in [0.2, 0.25) is 0 Å². The molecule has 0 aliphatic heterocycles. The predicted octanol–water partition coefficient (Wildman–Crippen LogP) is 3.22. The van der Waals surface area contributed by atoms with Crippen LogP contribution in [0.25, 0.3) is 11.1 Å². The molecule has 0 atom stereocenters. The summed E-state index contributed by atoms with van der Waals surface area (Å²) >= 11 is 0. The number of nitrogens with two attached hydrogens (primary N) is 1. The normalized spacial score (nSPS) is 10.1. The van der Waals surface area contributed by atoms with Gasteiger partial charge in [-0.2, -0.15) is 5.26 Å². The zero-order valence-electron chi connectivity index (χ0n) is 9.05. The quantitative estimate of drug-likeness (QED) is 0.622. The molecule has 0 fully saturated rings. The summed E-state index contributed by atoms with van der Waals surface area (Å²) in [7, 11) is 0. The molecule has 18 heavy (non-hydrogen) atoms. The van der Waals surface area contributed by atoms with Crippen LogP contribution in [0.1, 0.15) is 5.56 Å². The van der Waals surface area contributed by atoms with E-state index in [1.165, 1.54) is 18.2 Å². The van der Waals surface area contributed by atoms with Crippen LogP contribution in [-0.4, -0.2) is 0 Å². The maximum Gasteiger partial charge on any atom is 0.194 e. The largest absolute Gasteiger partial charge is 0.397 e. The van der Waals surface area contributed by atoms with Crippen LogP contribution in [0.4, 0.5) is 18.9 Å². The van der Waals surface area contributed by atoms with E-state index in [9.17, 15) is 13.2 Å². The number of hydrogen-bond acceptors (Lipinski definition) is 2. The molecule has 5 heteroatoms. The van der Waals surface area contributed by atoms with Crippen molar-refractivity contribution in [3.63, 3.8) is 0 Å². The third kappa shape index (κ3) is 1.89. The zero-order valence-corrected chi connectivity index (χ0v) is 9.05. The average molecular weight is 248 g/mol. The van der Waals surface area contributed by atoms with Crippen LogP contribution in [0, 0.1) is 28.8 Å². The number of hydrogen-bond donors (Lipinski definition) is 1. The molecule has 0 aliphatic rings. The van der Waals surface area contributed by atoms with E-state index in [0.29, 0.717) is 0 Å². The van der Waals surface area contributed by atoms with Crippen molar-refractivity contribution in [3.8, 4) is 17.2 Å².